The molecule has 0 aromatic rings. The summed E-state index contributed by atoms with van der Waals surface area (Å²) in [6, 6.07) is -0.256. The summed E-state index contributed by atoms with van der Waals surface area (Å²) in [7, 11) is 3.14. The normalized spacial score (nSPS) is 13.6. The molecule has 2 amide bonds. The van der Waals surface area contributed by atoms with Crippen LogP contribution >= 0.6 is 0 Å². The van der Waals surface area contributed by atoms with Crippen LogP contribution in [0.15, 0.2) is 0 Å². The summed E-state index contributed by atoms with van der Waals surface area (Å²) in [6.45, 7) is 3.30. The lowest BCUT2D eigenvalue weighted by molar-refractivity contribution is -0.137. The first kappa shape index (κ1) is 18.7. The monoisotopic (exact) mass is 290 g/mol. The predicted molar refractivity (Wildman–Crippen MR) is 74.7 cm³/mol. The zero-order chi connectivity index (χ0) is 15.4. The number of hydrogen-bond donors (Lipinski definition) is 3. The van der Waals surface area contributed by atoms with E-state index in [0.29, 0.717) is 26.1 Å². The number of carbonyl (C=O) groups is 2. The third kappa shape index (κ3) is 10.6. The fourth-order valence-corrected chi connectivity index (χ4v) is 1.61. The maximum atomic E-state index is 11.5. The highest BCUT2D eigenvalue weighted by Crippen LogP contribution is 2.08. The topological polar surface area (TPSA) is 96.9 Å². The van der Waals surface area contributed by atoms with E-state index >= 15 is 0 Å². The standard InChI is InChI=1S/C13H26N2O5/c1-10(4-5-12(16)17)6-7-14-13(18)15-8-11(20-3)9-19-2/h10-11H,4-9H2,1-3H3,(H,16,17)(H2,14,15,18). The predicted octanol–water partition coefficient (Wildman–Crippen LogP) is 0.838. The number of carboxylic acid groups (broad SMARTS) is 1. The molecule has 0 aliphatic heterocycles. The molecule has 0 aromatic heterocycles. The smallest absolute Gasteiger partial charge is 0.314 e. The molecule has 0 fully saturated rings. The lowest BCUT2D eigenvalue weighted by Crippen LogP contribution is -2.42. The number of urea groups is 1. The number of amides is 2. The number of nitrogens with one attached hydrogen (secondary N) is 2. The Morgan fingerprint density at radius 1 is 1.20 bits per heavy atom. The molecule has 0 aliphatic carbocycles. The van der Waals surface area contributed by atoms with Gasteiger partial charge in [-0.1, -0.05) is 6.92 Å². The van der Waals surface area contributed by atoms with Crippen molar-refractivity contribution in [2.24, 2.45) is 5.92 Å². The first-order chi connectivity index (χ1) is 9.49. The molecule has 0 aliphatic rings. The Kier molecular flexibility index (Phi) is 10.7. The van der Waals surface area contributed by atoms with E-state index in [1.165, 1.54) is 0 Å². The number of carbonyl (C=O) groups excluding carboxylic acids is 1. The number of aliphatic carboxylic acids is 1. The van der Waals surface area contributed by atoms with Crippen LogP contribution in [0.4, 0.5) is 4.79 Å². The Labute approximate surface area is 120 Å². The van der Waals surface area contributed by atoms with Gasteiger partial charge in [-0.25, -0.2) is 4.79 Å². The fraction of sp³-hybridized carbons (Fsp3) is 0.846. The van der Waals surface area contributed by atoms with E-state index in [1.807, 2.05) is 6.92 Å². The number of rotatable bonds is 11. The van der Waals surface area contributed by atoms with Crippen molar-refractivity contribution < 1.29 is 24.2 Å². The van der Waals surface area contributed by atoms with E-state index in [9.17, 15) is 9.59 Å². The molecule has 7 heteroatoms. The van der Waals surface area contributed by atoms with Crippen molar-refractivity contribution in [3.05, 3.63) is 0 Å². The molecule has 3 N–H and O–H groups in total. The van der Waals surface area contributed by atoms with Crippen molar-refractivity contribution in [3.8, 4) is 0 Å². The molecule has 7 nitrogen and oxygen atoms in total. The molecular formula is C13H26N2O5. The van der Waals surface area contributed by atoms with Crippen LogP contribution in [-0.2, 0) is 14.3 Å². The third-order valence-corrected chi connectivity index (χ3v) is 2.95. The first-order valence-electron chi connectivity index (χ1n) is 6.74. The van der Waals surface area contributed by atoms with Gasteiger partial charge >= 0.3 is 12.0 Å². The Bertz CT molecular complexity index is 286. The van der Waals surface area contributed by atoms with Gasteiger partial charge in [-0.15, -0.1) is 0 Å². The van der Waals surface area contributed by atoms with Gasteiger partial charge < -0.3 is 25.2 Å². The van der Waals surface area contributed by atoms with Gasteiger partial charge in [-0.2, -0.15) is 0 Å². The van der Waals surface area contributed by atoms with Crippen molar-refractivity contribution >= 4 is 12.0 Å². The van der Waals surface area contributed by atoms with Gasteiger partial charge in [0.1, 0.15) is 0 Å². The van der Waals surface area contributed by atoms with Gasteiger partial charge in [-0.05, 0) is 18.8 Å². The number of carboxylic acids is 1. The highest BCUT2D eigenvalue weighted by atomic mass is 16.5. The molecule has 2 unspecified atom stereocenters. The first-order valence-corrected chi connectivity index (χ1v) is 6.74. The van der Waals surface area contributed by atoms with Crippen LogP contribution in [0.25, 0.3) is 0 Å². The van der Waals surface area contributed by atoms with Crippen molar-refractivity contribution in [1.82, 2.24) is 10.6 Å². The van der Waals surface area contributed by atoms with Crippen LogP contribution < -0.4 is 10.6 Å². The summed E-state index contributed by atoms with van der Waals surface area (Å²) in [5.41, 5.74) is 0. The molecule has 0 saturated heterocycles. The minimum Gasteiger partial charge on any atom is -0.481 e. The van der Waals surface area contributed by atoms with Crippen LogP contribution in [0.1, 0.15) is 26.2 Å². The lowest BCUT2D eigenvalue weighted by Gasteiger charge is -2.16. The van der Waals surface area contributed by atoms with Gasteiger partial charge in [-0.3, -0.25) is 4.79 Å². The summed E-state index contributed by atoms with van der Waals surface area (Å²) in [4.78, 5) is 21.9. The SMILES string of the molecule is COCC(CNC(=O)NCCC(C)CCC(=O)O)OC. The van der Waals surface area contributed by atoms with E-state index in [2.05, 4.69) is 10.6 Å². The Balaban J connectivity index is 3.64. The second kappa shape index (κ2) is 11.5. The maximum absolute atomic E-state index is 11.5. The van der Waals surface area contributed by atoms with Crippen molar-refractivity contribution in [3.63, 3.8) is 0 Å². The number of methoxy groups -OCH3 is 2. The van der Waals surface area contributed by atoms with Gasteiger partial charge in [0.05, 0.1) is 12.7 Å². The molecule has 0 heterocycles. The molecule has 0 radical (unpaired) electrons. The number of ether oxygens (including phenoxy) is 2. The number of hydrogen-bond acceptors (Lipinski definition) is 4. The molecule has 0 rings (SSSR count). The van der Waals surface area contributed by atoms with Gasteiger partial charge in [0.2, 0.25) is 0 Å². The van der Waals surface area contributed by atoms with E-state index in [-0.39, 0.29) is 24.5 Å². The molecule has 20 heavy (non-hydrogen) atoms. The Morgan fingerprint density at radius 2 is 1.90 bits per heavy atom. The maximum Gasteiger partial charge on any atom is 0.314 e. The lowest BCUT2D eigenvalue weighted by atomic mass is 10.0. The van der Waals surface area contributed by atoms with Crippen LogP contribution in [-0.4, -0.2) is 57.1 Å². The Hall–Kier alpha value is -1.34. The molecule has 0 spiro atoms. The van der Waals surface area contributed by atoms with Gasteiger partial charge in [0.15, 0.2) is 0 Å². The van der Waals surface area contributed by atoms with Crippen LogP contribution in [0.2, 0.25) is 0 Å². The zero-order valence-electron chi connectivity index (χ0n) is 12.5. The van der Waals surface area contributed by atoms with E-state index in [4.69, 9.17) is 14.6 Å². The van der Waals surface area contributed by atoms with E-state index < -0.39 is 5.97 Å². The second-order valence-corrected chi connectivity index (χ2v) is 4.78. The molecule has 0 bridgehead atoms. The van der Waals surface area contributed by atoms with Crippen LogP contribution in [0, 0.1) is 5.92 Å². The fourth-order valence-electron chi connectivity index (χ4n) is 1.61. The van der Waals surface area contributed by atoms with Crippen molar-refractivity contribution in [2.75, 3.05) is 33.9 Å². The molecule has 118 valence electrons. The van der Waals surface area contributed by atoms with Gasteiger partial charge in [0, 0.05) is 33.7 Å². The molecule has 0 aromatic carbocycles. The van der Waals surface area contributed by atoms with Crippen LogP contribution in [0.5, 0.6) is 0 Å². The molecule has 2 atom stereocenters. The summed E-state index contributed by atoms with van der Waals surface area (Å²) >= 11 is 0. The van der Waals surface area contributed by atoms with Crippen LogP contribution in [0.3, 0.4) is 0 Å². The second-order valence-electron chi connectivity index (χ2n) is 4.78. The highest BCUT2D eigenvalue weighted by Gasteiger charge is 2.09. The minimum absolute atomic E-state index is 0.166. The minimum atomic E-state index is -0.786. The zero-order valence-corrected chi connectivity index (χ0v) is 12.5. The van der Waals surface area contributed by atoms with E-state index in [0.717, 1.165) is 6.42 Å². The quantitative estimate of drug-likeness (QED) is 0.524. The summed E-state index contributed by atoms with van der Waals surface area (Å²) in [6.07, 6.45) is 1.38. The Morgan fingerprint density at radius 3 is 2.45 bits per heavy atom. The largest absolute Gasteiger partial charge is 0.481 e. The average Bonchev–Trinajstić information content (AvgIpc) is 2.41. The van der Waals surface area contributed by atoms with Gasteiger partial charge in [0.25, 0.3) is 0 Å². The summed E-state index contributed by atoms with van der Waals surface area (Å²) < 4.78 is 10.1. The van der Waals surface area contributed by atoms with Crippen molar-refractivity contribution in [2.45, 2.75) is 32.3 Å². The average molecular weight is 290 g/mol. The summed E-state index contributed by atoms with van der Waals surface area (Å²) in [5.74, 6) is -0.516. The third-order valence-electron chi connectivity index (χ3n) is 2.95. The van der Waals surface area contributed by atoms with Crippen molar-refractivity contribution in [1.29, 1.82) is 0 Å². The highest BCUT2D eigenvalue weighted by molar-refractivity contribution is 5.73. The summed E-state index contributed by atoms with van der Waals surface area (Å²) in [5, 5.41) is 14.0. The van der Waals surface area contributed by atoms with E-state index in [1.54, 1.807) is 14.2 Å². The molecule has 0 saturated carbocycles. The molecular weight excluding hydrogens is 264 g/mol.